The summed E-state index contributed by atoms with van der Waals surface area (Å²) in [5.74, 6) is 0.0962. The van der Waals surface area contributed by atoms with Gasteiger partial charge in [0.2, 0.25) is 6.29 Å². The van der Waals surface area contributed by atoms with Crippen molar-refractivity contribution in [1.29, 1.82) is 0 Å². The second-order valence-corrected chi connectivity index (χ2v) is 11.4. The third-order valence-electron chi connectivity index (χ3n) is 8.21. The summed E-state index contributed by atoms with van der Waals surface area (Å²) in [5.41, 5.74) is 0.275. The first-order valence-electron chi connectivity index (χ1n) is 14.4. The average molecular weight is 663 g/mol. The molecule has 0 radical (unpaired) electrons. The summed E-state index contributed by atoms with van der Waals surface area (Å²) in [7, 11) is 0. The number of hydrogen-bond donors (Lipinski definition) is 10. The van der Waals surface area contributed by atoms with Gasteiger partial charge in [0, 0.05) is 17.5 Å². The van der Waals surface area contributed by atoms with Crippen molar-refractivity contribution in [3.63, 3.8) is 0 Å². The summed E-state index contributed by atoms with van der Waals surface area (Å²) in [5, 5.41) is 103. The quantitative estimate of drug-likeness (QED) is 0.112. The zero-order valence-corrected chi connectivity index (χ0v) is 24.3. The molecule has 0 spiro atoms. The first kappa shape index (κ1) is 35.0. The van der Waals surface area contributed by atoms with E-state index in [9.17, 15) is 55.9 Å². The van der Waals surface area contributed by atoms with Crippen molar-refractivity contribution in [2.45, 2.75) is 99.0 Å². The molecule has 4 heterocycles. The van der Waals surface area contributed by atoms with E-state index in [4.69, 9.17) is 32.8 Å². The van der Waals surface area contributed by atoms with E-state index in [-0.39, 0.29) is 11.3 Å². The minimum atomic E-state index is -1.83. The van der Waals surface area contributed by atoms with Crippen molar-refractivity contribution >= 4 is 11.0 Å². The van der Waals surface area contributed by atoms with Crippen LogP contribution in [0.3, 0.4) is 0 Å². The van der Waals surface area contributed by atoms with Gasteiger partial charge in [0.05, 0.1) is 19.8 Å². The molecule has 18 heteroatoms. The molecule has 46 heavy (non-hydrogen) atoms. The smallest absolute Gasteiger partial charge is 0.336 e. The highest BCUT2D eigenvalue weighted by molar-refractivity contribution is 5.81. The van der Waals surface area contributed by atoms with Gasteiger partial charge >= 0.3 is 5.63 Å². The summed E-state index contributed by atoms with van der Waals surface area (Å²) in [6.07, 6.45) is -24.6. The Labute approximate surface area is 260 Å². The highest BCUT2D eigenvalue weighted by atomic mass is 16.7. The van der Waals surface area contributed by atoms with Crippen LogP contribution >= 0.6 is 0 Å². The molecule has 0 aliphatic carbocycles. The van der Waals surface area contributed by atoms with Crippen molar-refractivity contribution in [3.8, 4) is 5.75 Å². The predicted octanol–water partition coefficient (Wildman–Crippen LogP) is -5.07. The van der Waals surface area contributed by atoms with Crippen molar-refractivity contribution in [3.05, 3.63) is 40.2 Å². The largest absolute Gasteiger partial charge is 0.462 e. The van der Waals surface area contributed by atoms with Gasteiger partial charge < -0.3 is 83.9 Å². The summed E-state index contributed by atoms with van der Waals surface area (Å²) in [6, 6.07) is 5.83. The van der Waals surface area contributed by atoms with Crippen LogP contribution in [0.4, 0.5) is 0 Å². The number of aliphatic hydroxyl groups excluding tert-OH is 10. The van der Waals surface area contributed by atoms with Crippen LogP contribution in [-0.4, -0.2) is 163 Å². The van der Waals surface area contributed by atoms with E-state index >= 15 is 0 Å². The lowest BCUT2D eigenvalue weighted by Crippen LogP contribution is -2.63. The topological polar surface area (TPSA) is 288 Å². The Bertz CT molecular complexity index is 1370. The van der Waals surface area contributed by atoms with E-state index < -0.39 is 118 Å². The Morgan fingerprint density at radius 2 is 1.11 bits per heavy atom. The third-order valence-corrected chi connectivity index (χ3v) is 8.21. The first-order valence-corrected chi connectivity index (χ1v) is 14.4. The van der Waals surface area contributed by atoms with Gasteiger partial charge in [0.15, 0.2) is 12.6 Å². The number of ether oxygens (including phenoxy) is 6. The fourth-order valence-electron chi connectivity index (χ4n) is 5.44. The number of fused-ring (bicyclic) bond motifs is 1. The van der Waals surface area contributed by atoms with Crippen LogP contribution in [-0.2, 0) is 23.7 Å². The Kier molecular flexibility index (Phi) is 10.9. The maximum absolute atomic E-state index is 11.8. The minimum absolute atomic E-state index is 0.0962. The molecule has 3 fully saturated rings. The highest BCUT2D eigenvalue weighted by Crippen LogP contribution is 2.30. The van der Waals surface area contributed by atoms with Crippen LogP contribution in [0.15, 0.2) is 33.5 Å². The van der Waals surface area contributed by atoms with Crippen LogP contribution in [0.5, 0.6) is 5.75 Å². The van der Waals surface area contributed by atoms with Gasteiger partial charge in [0.25, 0.3) is 0 Å². The summed E-state index contributed by atoms with van der Waals surface area (Å²) in [4.78, 5) is 11.8. The zero-order chi connectivity index (χ0) is 33.4. The fraction of sp³-hybridized carbons (Fsp3) is 0.679. The molecule has 1 aromatic heterocycles. The van der Waals surface area contributed by atoms with Crippen LogP contribution in [0.25, 0.3) is 11.0 Å². The maximum Gasteiger partial charge on any atom is 0.336 e. The van der Waals surface area contributed by atoms with Crippen molar-refractivity contribution < 1.29 is 83.9 Å². The fourth-order valence-corrected chi connectivity index (χ4v) is 5.44. The number of aliphatic hydroxyl groups is 10. The lowest BCUT2D eigenvalue weighted by atomic mass is 9.98. The second-order valence-electron chi connectivity index (χ2n) is 11.4. The summed E-state index contributed by atoms with van der Waals surface area (Å²) < 4.78 is 38.2. The standard InChI is InChI=1S/C28H38O18/c1-9-4-16(30)43-12-5-10(2-3-11(9)12)42-28-25(39)22(36)19(33)15(46-28)8-41-27-24(38)21(35)18(32)14(45-27)7-40-26-23(37)20(34)17(31)13(6-29)44-26/h2-5,13-15,17-29,31-39H,6-8H2,1H3/t13-,14-,15-,17-,18-,19-,20+,21+,22+,23-,24-,25-,26-,27-,28-/m1/s1. The van der Waals surface area contributed by atoms with E-state index in [1.54, 1.807) is 13.0 Å². The van der Waals surface area contributed by atoms with Crippen molar-refractivity contribution in [2.24, 2.45) is 0 Å². The minimum Gasteiger partial charge on any atom is -0.462 e. The monoisotopic (exact) mass is 662 g/mol. The molecule has 2 aromatic rings. The zero-order valence-electron chi connectivity index (χ0n) is 24.3. The Morgan fingerprint density at radius 1 is 0.630 bits per heavy atom. The molecule has 258 valence electrons. The van der Waals surface area contributed by atoms with Crippen LogP contribution in [0.1, 0.15) is 5.56 Å². The lowest BCUT2D eigenvalue weighted by molar-refractivity contribution is -0.339. The molecule has 0 amide bonds. The molecule has 1 aromatic carbocycles. The number of rotatable bonds is 9. The Morgan fingerprint density at radius 3 is 1.65 bits per heavy atom. The molecule has 3 aliphatic rings. The van der Waals surface area contributed by atoms with Gasteiger partial charge in [-0.25, -0.2) is 4.79 Å². The Balaban J connectivity index is 1.21. The molecule has 15 atom stereocenters. The van der Waals surface area contributed by atoms with E-state index in [1.165, 1.54) is 18.2 Å². The van der Waals surface area contributed by atoms with E-state index in [2.05, 4.69) is 0 Å². The molecule has 18 nitrogen and oxygen atoms in total. The van der Waals surface area contributed by atoms with Crippen LogP contribution in [0, 0.1) is 6.92 Å². The van der Waals surface area contributed by atoms with Gasteiger partial charge in [-0.15, -0.1) is 0 Å². The SMILES string of the molecule is Cc1cc(=O)oc2cc(O[C@@H]3O[C@H](CO[C@@H]4O[C@H](CO[C@@H]5O[C@H](CO)[C@@H](O)[C@H](O)[C@H]5O)[C@@H](O)[C@H](O)[C@H]4O)[C@@H](O)[C@H](O)[C@H]3O)ccc12. The van der Waals surface area contributed by atoms with Crippen molar-refractivity contribution in [1.82, 2.24) is 0 Å². The number of aryl methyl sites for hydroxylation is 1. The molecular weight excluding hydrogens is 624 g/mol. The molecular formula is C28H38O18. The number of benzene rings is 1. The maximum atomic E-state index is 11.8. The highest BCUT2D eigenvalue weighted by Gasteiger charge is 2.49. The summed E-state index contributed by atoms with van der Waals surface area (Å²) in [6.45, 7) is -0.178. The predicted molar refractivity (Wildman–Crippen MR) is 147 cm³/mol. The number of hydrogen-bond acceptors (Lipinski definition) is 18. The summed E-state index contributed by atoms with van der Waals surface area (Å²) >= 11 is 0. The molecule has 3 saturated heterocycles. The van der Waals surface area contributed by atoms with E-state index in [0.717, 1.165) is 0 Å². The molecule has 5 rings (SSSR count). The van der Waals surface area contributed by atoms with Gasteiger partial charge in [-0.1, -0.05) is 0 Å². The molecule has 0 unspecified atom stereocenters. The Hall–Kier alpha value is -2.37. The average Bonchev–Trinajstić information content (AvgIpc) is 3.03. The molecule has 0 bridgehead atoms. The van der Waals surface area contributed by atoms with Gasteiger partial charge in [-0.2, -0.15) is 0 Å². The second kappa shape index (κ2) is 14.4. The normalized spacial score (nSPS) is 41.8. The van der Waals surface area contributed by atoms with Gasteiger partial charge in [0.1, 0.15) is 84.6 Å². The molecule has 3 aliphatic heterocycles. The van der Waals surface area contributed by atoms with Gasteiger partial charge in [-0.05, 0) is 24.6 Å². The van der Waals surface area contributed by atoms with E-state index in [1.807, 2.05) is 0 Å². The molecule has 10 N–H and O–H groups in total. The van der Waals surface area contributed by atoms with Crippen LogP contribution in [0.2, 0.25) is 0 Å². The van der Waals surface area contributed by atoms with Crippen LogP contribution < -0.4 is 10.4 Å². The lowest BCUT2D eigenvalue weighted by Gasteiger charge is -2.43. The van der Waals surface area contributed by atoms with Crippen molar-refractivity contribution in [2.75, 3.05) is 19.8 Å². The molecule has 0 saturated carbocycles. The van der Waals surface area contributed by atoms with E-state index in [0.29, 0.717) is 10.9 Å². The third kappa shape index (κ3) is 7.06. The first-order chi connectivity index (χ1) is 21.8. The van der Waals surface area contributed by atoms with Gasteiger partial charge in [-0.3, -0.25) is 0 Å².